The zero-order valence-electron chi connectivity index (χ0n) is 13.0. The Kier molecular flexibility index (Phi) is 6.53. The van der Waals surface area contributed by atoms with Gasteiger partial charge in [0.25, 0.3) is 0 Å². The van der Waals surface area contributed by atoms with Gasteiger partial charge >= 0.3 is 0 Å². The third kappa shape index (κ3) is 5.33. The molecule has 0 heterocycles. The quantitative estimate of drug-likeness (QED) is 0.782. The van der Waals surface area contributed by atoms with Crippen LogP contribution in [-0.4, -0.2) is 17.7 Å². The molecule has 0 spiro atoms. The summed E-state index contributed by atoms with van der Waals surface area (Å²) in [4.78, 5) is 0. The highest BCUT2D eigenvalue weighted by Crippen LogP contribution is 2.20. The van der Waals surface area contributed by atoms with Gasteiger partial charge in [0, 0.05) is 6.04 Å². The maximum absolute atomic E-state index is 10.3. The number of rotatable bonds is 7. The second-order valence-electron chi connectivity index (χ2n) is 6.19. The lowest BCUT2D eigenvalue weighted by Crippen LogP contribution is -2.33. The van der Waals surface area contributed by atoms with Gasteiger partial charge in [0.2, 0.25) is 0 Å². The molecular formula is C17H29NO. The normalized spacial score (nSPS) is 14.9. The number of aliphatic hydroxyl groups excluding tert-OH is 1. The van der Waals surface area contributed by atoms with Crippen LogP contribution in [0.25, 0.3) is 0 Å². The lowest BCUT2D eigenvalue weighted by Gasteiger charge is -2.21. The molecule has 0 fully saturated rings. The zero-order chi connectivity index (χ0) is 14.4. The van der Waals surface area contributed by atoms with E-state index < -0.39 is 6.10 Å². The van der Waals surface area contributed by atoms with Crippen molar-refractivity contribution in [3.05, 3.63) is 35.4 Å². The van der Waals surface area contributed by atoms with E-state index >= 15 is 0 Å². The molecule has 2 nitrogen and oxygen atoms in total. The predicted octanol–water partition coefficient (Wildman–Crippen LogP) is 3.87. The lowest BCUT2D eigenvalue weighted by atomic mass is 9.97. The first-order valence-electron chi connectivity index (χ1n) is 7.43. The van der Waals surface area contributed by atoms with Gasteiger partial charge in [-0.3, -0.25) is 0 Å². The Morgan fingerprint density at radius 3 is 1.95 bits per heavy atom. The van der Waals surface area contributed by atoms with Crippen molar-refractivity contribution in [1.82, 2.24) is 5.32 Å². The van der Waals surface area contributed by atoms with E-state index in [0.29, 0.717) is 11.8 Å². The molecule has 2 N–H and O–H groups in total. The van der Waals surface area contributed by atoms with Crippen LogP contribution in [0.4, 0.5) is 0 Å². The fourth-order valence-electron chi connectivity index (χ4n) is 2.08. The van der Waals surface area contributed by atoms with Crippen LogP contribution in [-0.2, 0) is 0 Å². The fraction of sp³-hybridized carbons (Fsp3) is 0.647. The van der Waals surface area contributed by atoms with Gasteiger partial charge in [-0.05, 0) is 42.9 Å². The summed E-state index contributed by atoms with van der Waals surface area (Å²) >= 11 is 0. The molecule has 1 rings (SSSR count). The molecule has 0 amide bonds. The highest BCUT2D eigenvalue weighted by molar-refractivity contribution is 5.26. The third-order valence-corrected chi connectivity index (χ3v) is 3.61. The second kappa shape index (κ2) is 7.66. The standard InChI is InChI=1S/C17H29NO/c1-12(2)10-11-18-14(5)17(19)16-8-6-15(7-9-16)13(3)4/h6-9,12-14,17-19H,10-11H2,1-5H3. The smallest absolute Gasteiger partial charge is 0.0940 e. The maximum atomic E-state index is 10.3. The predicted molar refractivity (Wildman–Crippen MR) is 82.4 cm³/mol. The van der Waals surface area contributed by atoms with Gasteiger partial charge in [0.05, 0.1) is 6.10 Å². The van der Waals surface area contributed by atoms with Crippen molar-refractivity contribution in [2.75, 3.05) is 6.54 Å². The summed E-state index contributed by atoms with van der Waals surface area (Å²) in [7, 11) is 0. The van der Waals surface area contributed by atoms with Crippen molar-refractivity contribution in [2.45, 2.75) is 59.1 Å². The monoisotopic (exact) mass is 263 g/mol. The zero-order valence-corrected chi connectivity index (χ0v) is 13.0. The number of benzene rings is 1. The van der Waals surface area contributed by atoms with Gasteiger partial charge in [-0.25, -0.2) is 0 Å². The average Bonchev–Trinajstić information content (AvgIpc) is 2.37. The first-order chi connectivity index (χ1) is 8.91. The number of aliphatic hydroxyl groups is 1. The molecule has 108 valence electrons. The van der Waals surface area contributed by atoms with Crippen LogP contribution in [0.2, 0.25) is 0 Å². The highest BCUT2D eigenvalue weighted by atomic mass is 16.3. The summed E-state index contributed by atoms with van der Waals surface area (Å²) in [6, 6.07) is 8.40. The topological polar surface area (TPSA) is 32.3 Å². The summed E-state index contributed by atoms with van der Waals surface area (Å²) < 4.78 is 0. The first-order valence-corrected chi connectivity index (χ1v) is 7.43. The van der Waals surface area contributed by atoms with E-state index in [1.807, 2.05) is 19.1 Å². The molecular weight excluding hydrogens is 234 g/mol. The first kappa shape index (κ1) is 16.2. The van der Waals surface area contributed by atoms with E-state index in [0.717, 1.165) is 18.5 Å². The van der Waals surface area contributed by atoms with Crippen molar-refractivity contribution in [3.8, 4) is 0 Å². The summed E-state index contributed by atoms with van der Waals surface area (Å²) in [6.45, 7) is 11.8. The van der Waals surface area contributed by atoms with E-state index in [1.54, 1.807) is 0 Å². The van der Waals surface area contributed by atoms with Gasteiger partial charge < -0.3 is 10.4 Å². The average molecular weight is 263 g/mol. The van der Waals surface area contributed by atoms with Crippen LogP contribution < -0.4 is 5.32 Å². The Hall–Kier alpha value is -0.860. The van der Waals surface area contributed by atoms with Crippen LogP contribution in [0.5, 0.6) is 0 Å². The molecule has 0 aliphatic carbocycles. The van der Waals surface area contributed by atoms with Crippen LogP contribution in [0.1, 0.15) is 64.2 Å². The van der Waals surface area contributed by atoms with E-state index in [2.05, 4.69) is 45.1 Å². The number of nitrogens with one attached hydrogen (secondary N) is 1. The summed E-state index contributed by atoms with van der Waals surface area (Å²) in [5, 5.41) is 13.7. The van der Waals surface area contributed by atoms with E-state index in [1.165, 1.54) is 5.56 Å². The van der Waals surface area contributed by atoms with Crippen molar-refractivity contribution < 1.29 is 5.11 Å². The summed E-state index contributed by atoms with van der Waals surface area (Å²) in [5.74, 6) is 1.23. The summed E-state index contributed by atoms with van der Waals surface area (Å²) in [5.41, 5.74) is 2.31. The number of hydrogen-bond acceptors (Lipinski definition) is 2. The third-order valence-electron chi connectivity index (χ3n) is 3.61. The fourth-order valence-corrected chi connectivity index (χ4v) is 2.08. The molecule has 2 unspecified atom stereocenters. The van der Waals surface area contributed by atoms with Gasteiger partial charge in [0.15, 0.2) is 0 Å². The minimum absolute atomic E-state index is 0.0867. The molecule has 2 heteroatoms. The van der Waals surface area contributed by atoms with Crippen molar-refractivity contribution in [3.63, 3.8) is 0 Å². The molecule has 0 saturated heterocycles. The maximum Gasteiger partial charge on any atom is 0.0940 e. The molecule has 0 aliphatic rings. The van der Waals surface area contributed by atoms with Crippen LogP contribution in [0, 0.1) is 5.92 Å². The lowest BCUT2D eigenvalue weighted by molar-refractivity contribution is 0.135. The molecule has 19 heavy (non-hydrogen) atoms. The minimum atomic E-state index is -0.437. The van der Waals surface area contributed by atoms with Gasteiger partial charge in [-0.15, -0.1) is 0 Å². The van der Waals surface area contributed by atoms with Crippen molar-refractivity contribution in [1.29, 1.82) is 0 Å². The van der Waals surface area contributed by atoms with Gasteiger partial charge in [-0.2, -0.15) is 0 Å². The van der Waals surface area contributed by atoms with Crippen LogP contribution in [0.15, 0.2) is 24.3 Å². The second-order valence-corrected chi connectivity index (χ2v) is 6.19. The Balaban J connectivity index is 2.53. The largest absolute Gasteiger partial charge is 0.387 e. The highest BCUT2D eigenvalue weighted by Gasteiger charge is 2.15. The summed E-state index contributed by atoms with van der Waals surface area (Å²) in [6.07, 6.45) is 0.706. The molecule has 0 radical (unpaired) electrons. The molecule has 2 atom stereocenters. The number of hydrogen-bond donors (Lipinski definition) is 2. The van der Waals surface area contributed by atoms with Crippen molar-refractivity contribution >= 4 is 0 Å². The van der Waals surface area contributed by atoms with E-state index in [9.17, 15) is 5.11 Å². The van der Waals surface area contributed by atoms with Crippen LogP contribution >= 0.6 is 0 Å². The Morgan fingerprint density at radius 1 is 0.947 bits per heavy atom. The molecule has 1 aromatic rings. The molecule has 0 saturated carbocycles. The van der Waals surface area contributed by atoms with E-state index in [4.69, 9.17) is 0 Å². The van der Waals surface area contributed by atoms with Crippen molar-refractivity contribution in [2.24, 2.45) is 5.92 Å². The van der Waals surface area contributed by atoms with Crippen LogP contribution in [0.3, 0.4) is 0 Å². The van der Waals surface area contributed by atoms with E-state index in [-0.39, 0.29) is 6.04 Å². The minimum Gasteiger partial charge on any atom is -0.387 e. The van der Waals surface area contributed by atoms with Gasteiger partial charge in [-0.1, -0.05) is 52.0 Å². The Bertz CT molecular complexity index is 356. The molecule has 0 aromatic heterocycles. The Labute approximate surface area is 118 Å². The van der Waals surface area contributed by atoms with Gasteiger partial charge in [0.1, 0.15) is 0 Å². The molecule has 0 bridgehead atoms. The Morgan fingerprint density at radius 2 is 1.47 bits per heavy atom. The SMILES string of the molecule is CC(C)CCNC(C)C(O)c1ccc(C(C)C)cc1. The molecule has 1 aromatic carbocycles. The molecule has 0 aliphatic heterocycles.